The molecule has 1 aliphatic carbocycles. The van der Waals surface area contributed by atoms with Gasteiger partial charge in [0.25, 0.3) is 0 Å². The normalized spacial score (nSPS) is 18.1. The molecule has 1 aliphatic rings. The second kappa shape index (κ2) is 8.18. The summed E-state index contributed by atoms with van der Waals surface area (Å²) in [5.41, 5.74) is 0.914. The Balaban J connectivity index is 1.98. The quantitative estimate of drug-likeness (QED) is 0.644. The molecule has 0 aliphatic heterocycles. The third kappa shape index (κ3) is 4.28. The van der Waals surface area contributed by atoms with Crippen LogP contribution >= 0.6 is 0 Å². The van der Waals surface area contributed by atoms with Crippen LogP contribution in [0.5, 0.6) is 0 Å². The van der Waals surface area contributed by atoms with Gasteiger partial charge in [-0.1, -0.05) is 43.2 Å². The first-order valence-electron chi connectivity index (χ1n) is 8.72. The maximum atomic E-state index is 12.6. The lowest BCUT2D eigenvalue weighted by atomic mass is 9.84. The number of nitrogens with zero attached hydrogens (tertiary/aromatic N) is 2. The van der Waals surface area contributed by atoms with E-state index in [4.69, 9.17) is 0 Å². The van der Waals surface area contributed by atoms with Gasteiger partial charge < -0.3 is 15.5 Å². The summed E-state index contributed by atoms with van der Waals surface area (Å²) in [4.78, 5) is 18.7. The molecular weight excluding hydrogens is 300 g/mol. The van der Waals surface area contributed by atoms with Crippen LogP contribution in [0.15, 0.2) is 35.3 Å². The van der Waals surface area contributed by atoms with Gasteiger partial charge in [-0.25, -0.2) is 0 Å². The maximum Gasteiger partial charge on any atom is 0.230 e. The van der Waals surface area contributed by atoms with E-state index in [1.54, 1.807) is 11.9 Å². The monoisotopic (exact) mass is 330 g/mol. The molecule has 0 bridgehead atoms. The molecule has 24 heavy (non-hydrogen) atoms. The van der Waals surface area contributed by atoms with E-state index in [1.807, 2.05) is 32.3 Å². The molecular formula is C19H30N4O. The van der Waals surface area contributed by atoms with Crippen LogP contribution < -0.4 is 10.6 Å². The van der Waals surface area contributed by atoms with Crippen molar-refractivity contribution < 1.29 is 4.79 Å². The molecule has 0 aromatic heterocycles. The highest BCUT2D eigenvalue weighted by Crippen LogP contribution is 2.38. The number of amides is 1. The third-order valence-electron chi connectivity index (χ3n) is 4.89. The smallest absolute Gasteiger partial charge is 0.230 e. The molecule has 1 aromatic carbocycles. The predicted molar refractivity (Wildman–Crippen MR) is 98.9 cm³/mol. The topological polar surface area (TPSA) is 56.7 Å². The molecule has 0 radical (unpaired) electrons. The van der Waals surface area contributed by atoms with Gasteiger partial charge in [0.15, 0.2) is 5.96 Å². The minimum absolute atomic E-state index is 0.154. The van der Waals surface area contributed by atoms with Crippen LogP contribution in [0.4, 0.5) is 0 Å². The SMILES string of the molecule is CN=C(NCC1(C(=O)N(C)C)CCCC1)N[C@@H](C)c1ccccc1. The summed E-state index contributed by atoms with van der Waals surface area (Å²) < 4.78 is 0. The highest BCUT2D eigenvalue weighted by molar-refractivity contribution is 5.85. The fraction of sp³-hybridized carbons (Fsp3) is 0.579. The molecule has 1 fully saturated rings. The lowest BCUT2D eigenvalue weighted by Crippen LogP contribution is -2.49. The minimum Gasteiger partial charge on any atom is -0.355 e. The fourth-order valence-corrected chi connectivity index (χ4v) is 3.47. The maximum absolute atomic E-state index is 12.6. The molecule has 1 atom stereocenters. The van der Waals surface area contributed by atoms with E-state index in [2.05, 4.69) is 34.7 Å². The zero-order valence-electron chi connectivity index (χ0n) is 15.3. The van der Waals surface area contributed by atoms with Crippen molar-refractivity contribution in [3.63, 3.8) is 0 Å². The van der Waals surface area contributed by atoms with E-state index >= 15 is 0 Å². The van der Waals surface area contributed by atoms with E-state index in [0.29, 0.717) is 6.54 Å². The van der Waals surface area contributed by atoms with E-state index in [0.717, 1.165) is 31.6 Å². The zero-order chi connectivity index (χ0) is 17.6. The molecule has 2 rings (SSSR count). The van der Waals surface area contributed by atoms with Crippen molar-refractivity contribution in [1.29, 1.82) is 0 Å². The van der Waals surface area contributed by atoms with Gasteiger partial charge in [0.05, 0.1) is 11.5 Å². The van der Waals surface area contributed by atoms with Gasteiger partial charge in [0, 0.05) is 27.7 Å². The molecule has 132 valence electrons. The first-order chi connectivity index (χ1) is 11.5. The Morgan fingerprint density at radius 2 is 1.88 bits per heavy atom. The predicted octanol–water partition coefficient (Wildman–Crippen LogP) is 2.56. The van der Waals surface area contributed by atoms with Gasteiger partial charge in [-0.15, -0.1) is 0 Å². The van der Waals surface area contributed by atoms with Gasteiger partial charge in [-0.2, -0.15) is 0 Å². The molecule has 1 aromatic rings. The van der Waals surface area contributed by atoms with Gasteiger partial charge in [0.1, 0.15) is 0 Å². The van der Waals surface area contributed by atoms with Crippen LogP contribution in [0.2, 0.25) is 0 Å². The second-order valence-corrected chi connectivity index (χ2v) is 6.89. The van der Waals surface area contributed by atoms with Crippen LogP contribution in [0, 0.1) is 5.41 Å². The van der Waals surface area contributed by atoms with Crippen molar-refractivity contribution in [1.82, 2.24) is 15.5 Å². The van der Waals surface area contributed by atoms with E-state index < -0.39 is 0 Å². The van der Waals surface area contributed by atoms with Crippen LogP contribution in [0.25, 0.3) is 0 Å². The summed E-state index contributed by atoms with van der Waals surface area (Å²) in [6.45, 7) is 2.74. The average molecular weight is 330 g/mol. The largest absolute Gasteiger partial charge is 0.355 e. The van der Waals surface area contributed by atoms with Crippen molar-refractivity contribution in [2.75, 3.05) is 27.7 Å². The van der Waals surface area contributed by atoms with Gasteiger partial charge in [-0.05, 0) is 25.3 Å². The minimum atomic E-state index is -0.295. The first kappa shape index (κ1) is 18.3. The number of rotatable bonds is 5. The first-order valence-corrected chi connectivity index (χ1v) is 8.72. The molecule has 1 amide bonds. The Kier molecular flexibility index (Phi) is 6.23. The second-order valence-electron chi connectivity index (χ2n) is 6.89. The van der Waals surface area contributed by atoms with Crippen molar-refractivity contribution in [2.45, 2.75) is 38.6 Å². The number of hydrogen-bond donors (Lipinski definition) is 2. The highest BCUT2D eigenvalue weighted by atomic mass is 16.2. The van der Waals surface area contributed by atoms with Crippen molar-refractivity contribution >= 4 is 11.9 Å². The van der Waals surface area contributed by atoms with Gasteiger partial charge in [-0.3, -0.25) is 9.79 Å². The summed E-state index contributed by atoms with van der Waals surface area (Å²) in [6, 6.07) is 10.4. The molecule has 0 saturated heterocycles. The number of carbonyl (C=O) groups is 1. The van der Waals surface area contributed by atoms with Crippen molar-refractivity contribution in [3.8, 4) is 0 Å². The van der Waals surface area contributed by atoms with E-state index in [9.17, 15) is 4.79 Å². The van der Waals surface area contributed by atoms with Crippen molar-refractivity contribution in [3.05, 3.63) is 35.9 Å². The fourth-order valence-electron chi connectivity index (χ4n) is 3.47. The number of hydrogen-bond acceptors (Lipinski definition) is 2. The summed E-state index contributed by atoms with van der Waals surface area (Å²) in [5.74, 6) is 0.961. The number of benzene rings is 1. The Morgan fingerprint density at radius 1 is 1.25 bits per heavy atom. The number of carbonyl (C=O) groups excluding carboxylic acids is 1. The molecule has 1 saturated carbocycles. The van der Waals surface area contributed by atoms with Crippen molar-refractivity contribution in [2.24, 2.45) is 10.4 Å². The van der Waals surface area contributed by atoms with E-state index in [-0.39, 0.29) is 17.4 Å². The van der Waals surface area contributed by atoms with E-state index in [1.165, 1.54) is 5.56 Å². The average Bonchev–Trinajstić information content (AvgIpc) is 3.08. The summed E-state index contributed by atoms with van der Waals surface area (Å²) >= 11 is 0. The number of nitrogens with one attached hydrogen (secondary N) is 2. The lowest BCUT2D eigenvalue weighted by Gasteiger charge is -2.31. The zero-order valence-corrected chi connectivity index (χ0v) is 15.3. The van der Waals surface area contributed by atoms with Gasteiger partial charge in [0.2, 0.25) is 5.91 Å². The molecule has 5 nitrogen and oxygen atoms in total. The Hall–Kier alpha value is -2.04. The van der Waals surface area contributed by atoms with Crippen LogP contribution in [0.3, 0.4) is 0 Å². The Bertz CT molecular complexity index is 562. The highest BCUT2D eigenvalue weighted by Gasteiger charge is 2.42. The molecule has 0 heterocycles. The lowest BCUT2D eigenvalue weighted by molar-refractivity contribution is -0.138. The summed E-state index contributed by atoms with van der Waals surface area (Å²) in [7, 11) is 5.45. The van der Waals surface area contributed by atoms with Crippen LogP contribution in [0.1, 0.15) is 44.2 Å². The Labute approximate surface area is 145 Å². The number of aliphatic imine (C=N–C) groups is 1. The molecule has 2 N–H and O–H groups in total. The third-order valence-corrected chi connectivity index (χ3v) is 4.89. The number of guanidine groups is 1. The van der Waals surface area contributed by atoms with Gasteiger partial charge >= 0.3 is 0 Å². The molecule has 5 heteroatoms. The summed E-state index contributed by atoms with van der Waals surface area (Å²) in [6.07, 6.45) is 4.13. The molecule has 0 spiro atoms. The summed E-state index contributed by atoms with van der Waals surface area (Å²) in [5, 5.41) is 6.79. The Morgan fingerprint density at radius 3 is 2.42 bits per heavy atom. The van der Waals surface area contributed by atoms with Crippen LogP contribution in [-0.4, -0.2) is 44.5 Å². The van der Waals surface area contributed by atoms with Crippen LogP contribution in [-0.2, 0) is 4.79 Å². The molecule has 0 unspecified atom stereocenters. The standard InChI is InChI=1S/C19H30N4O/c1-15(16-10-6-5-7-11-16)22-18(20-2)21-14-19(12-8-9-13-19)17(24)23(3)4/h5-7,10-11,15H,8-9,12-14H2,1-4H3,(H2,20,21,22)/t15-/m0/s1.